The van der Waals surface area contributed by atoms with Crippen LogP contribution in [0.25, 0.3) is 0 Å². The van der Waals surface area contributed by atoms with Crippen LogP contribution in [-0.4, -0.2) is 22.2 Å². The van der Waals surface area contributed by atoms with Crippen LogP contribution in [0.4, 0.5) is 11.4 Å². The first kappa shape index (κ1) is 15.7. The predicted octanol–water partition coefficient (Wildman–Crippen LogP) is 3.46. The summed E-state index contributed by atoms with van der Waals surface area (Å²) in [5, 5.41) is 24.3. The van der Waals surface area contributed by atoms with Gasteiger partial charge in [0.25, 0.3) is 5.69 Å². The van der Waals surface area contributed by atoms with Crippen LogP contribution in [0.5, 0.6) is 0 Å². The minimum absolute atomic E-state index is 0.0900. The summed E-state index contributed by atoms with van der Waals surface area (Å²) in [6.45, 7) is 5.91. The molecule has 106 valence electrons. The second kappa shape index (κ2) is 6.21. The lowest BCUT2D eigenvalue weighted by molar-refractivity contribution is -0.384. The van der Waals surface area contributed by atoms with E-state index < -0.39 is 10.5 Å². The first-order chi connectivity index (χ1) is 8.73. The van der Waals surface area contributed by atoms with Crippen molar-refractivity contribution >= 4 is 23.0 Å². The maximum Gasteiger partial charge on any atom is 0.293 e. The first-order valence-corrected chi connectivity index (χ1v) is 6.50. The molecule has 1 unspecified atom stereocenters. The molecule has 19 heavy (non-hydrogen) atoms. The quantitative estimate of drug-likeness (QED) is 0.620. The molecule has 0 saturated carbocycles. The van der Waals surface area contributed by atoms with Crippen LogP contribution in [0.3, 0.4) is 0 Å². The number of nitrogens with zero attached hydrogens (tertiary/aromatic N) is 1. The van der Waals surface area contributed by atoms with Gasteiger partial charge in [-0.1, -0.05) is 31.5 Å². The standard InChI is InChI=1S/C13H19ClN2O3/c1-9(2)7-13(3,17)8-15-12-10(14)5-4-6-11(12)16(18)19/h4-6,9,15,17H,7-8H2,1-3H3. The van der Waals surface area contributed by atoms with Gasteiger partial charge in [0.1, 0.15) is 5.69 Å². The Balaban J connectivity index is 2.86. The van der Waals surface area contributed by atoms with Gasteiger partial charge in [-0.2, -0.15) is 0 Å². The summed E-state index contributed by atoms with van der Waals surface area (Å²) in [5.41, 5.74) is -0.785. The number of halogens is 1. The van der Waals surface area contributed by atoms with Crippen LogP contribution in [0.15, 0.2) is 18.2 Å². The second-order valence-electron chi connectivity index (χ2n) is 5.34. The van der Waals surface area contributed by atoms with Gasteiger partial charge in [0.05, 0.1) is 15.5 Å². The van der Waals surface area contributed by atoms with E-state index in [1.807, 2.05) is 13.8 Å². The van der Waals surface area contributed by atoms with E-state index in [0.717, 1.165) is 0 Å². The SMILES string of the molecule is CC(C)CC(C)(O)CNc1c(Cl)cccc1[N+](=O)[O-]. The summed E-state index contributed by atoms with van der Waals surface area (Å²) in [4.78, 5) is 10.4. The third-order valence-corrected chi connectivity index (χ3v) is 3.00. The largest absolute Gasteiger partial charge is 0.388 e. The Bertz CT molecular complexity index is 461. The Morgan fingerprint density at radius 2 is 2.16 bits per heavy atom. The molecule has 0 bridgehead atoms. The number of nitro benzene ring substituents is 1. The molecule has 0 saturated heterocycles. The van der Waals surface area contributed by atoms with Crippen molar-refractivity contribution < 1.29 is 10.0 Å². The Morgan fingerprint density at radius 1 is 1.53 bits per heavy atom. The molecule has 1 aromatic rings. The van der Waals surface area contributed by atoms with E-state index >= 15 is 0 Å². The van der Waals surface area contributed by atoms with E-state index in [1.165, 1.54) is 12.1 Å². The van der Waals surface area contributed by atoms with Gasteiger partial charge in [-0.3, -0.25) is 10.1 Å². The highest BCUT2D eigenvalue weighted by atomic mass is 35.5. The molecule has 5 nitrogen and oxygen atoms in total. The van der Waals surface area contributed by atoms with Gasteiger partial charge in [-0.05, 0) is 25.3 Å². The summed E-state index contributed by atoms with van der Waals surface area (Å²) in [5.74, 6) is 0.332. The van der Waals surface area contributed by atoms with Gasteiger partial charge in [-0.15, -0.1) is 0 Å². The average Bonchev–Trinajstić information content (AvgIpc) is 2.25. The lowest BCUT2D eigenvalue weighted by Crippen LogP contribution is -2.35. The van der Waals surface area contributed by atoms with Crippen molar-refractivity contribution in [2.45, 2.75) is 32.8 Å². The molecule has 0 aliphatic heterocycles. The van der Waals surface area contributed by atoms with Crippen molar-refractivity contribution in [2.24, 2.45) is 5.92 Å². The number of hydrogen-bond donors (Lipinski definition) is 2. The van der Waals surface area contributed by atoms with E-state index in [1.54, 1.807) is 13.0 Å². The van der Waals surface area contributed by atoms with Crippen LogP contribution >= 0.6 is 11.6 Å². The van der Waals surface area contributed by atoms with E-state index in [9.17, 15) is 15.2 Å². The smallest absolute Gasteiger partial charge is 0.293 e. The highest BCUT2D eigenvalue weighted by Crippen LogP contribution is 2.32. The zero-order valence-corrected chi connectivity index (χ0v) is 12.1. The number of nitro groups is 1. The number of benzene rings is 1. The van der Waals surface area contributed by atoms with Gasteiger partial charge in [0, 0.05) is 12.6 Å². The van der Waals surface area contributed by atoms with E-state index in [0.29, 0.717) is 12.3 Å². The summed E-state index contributed by atoms with van der Waals surface area (Å²) in [6.07, 6.45) is 0.595. The molecule has 1 atom stereocenters. The fourth-order valence-electron chi connectivity index (χ4n) is 2.07. The normalized spacial score (nSPS) is 14.2. The van der Waals surface area contributed by atoms with E-state index in [2.05, 4.69) is 5.32 Å². The molecule has 2 N–H and O–H groups in total. The fraction of sp³-hybridized carbons (Fsp3) is 0.538. The lowest BCUT2D eigenvalue weighted by atomic mass is 9.94. The Hall–Kier alpha value is -1.33. The van der Waals surface area contributed by atoms with Crippen LogP contribution in [-0.2, 0) is 0 Å². The van der Waals surface area contributed by atoms with Crippen molar-refractivity contribution in [1.29, 1.82) is 0 Å². The second-order valence-corrected chi connectivity index (χ2v) is 5.75. The number of nitrogens with one attached hydrogen (secondary N) is 1. The van der Waals surface area contributed by atoms with Gasteiger partial charge in [0.2, 0.25) is 0 Å². The number of hydrogen-bond acceptors (Lipinski definition) is 4. The molecule has 0 aromatic heterocycles. The molecule has 6 heteroatoms. The summed E-state index contributed by atoms with van der Waals surface area (Å²) in [7, 11) is 0. The zero-order chi connectivity index (χ0) is 14.6. The lowest BCUT2D eigenvalue weighted by Gasteiger charge is -2.26. The predicted molar refractivity (Wildman–Crippen MR) is 76.7 cm³/mol. The molecule has 0 aliphatic carbocycles. The van der Waals surface area contributed by atoms with Crippen molar-refractivity contribution in [2.75, 3.05) is 11.9 Å². The first-order valence-electron chi connectivity index (χ1n) is 6.12. The van der Waals surface area contributed by atoms with Gasteiger partial charge in [-0.25, -0.2) is 0 Å². The van der Waals surface area contributed by atoms with Crippen LogP contribution in [0.2, 0.25) is 5.02 Å². The third kappa shape index (κ3) is 4.69. The highest BCUT2D eigenvalue weighted by Gasteiger charge is 2.24. The van der Waals surface area contributed by atoms with Crippen molar-refractivity contribution in [1.82, 2.24) is 0 Å². The van der Waals surface area contributed by atoms with Crippen LogP contribution in [0.1, 0.15) is 27.2 Å². The van der Waals surface area contributed by atoms with Gasteiger partial charge in [0.15, 0.2) is 0 Å². The number of anilines is 1. The number of aliphatic hydroxyl groups is 1. The van der Waals surface area contributed by atoms with E-state index in [-0.39, 0.29) is 22.9 Å². The third-order valence-electron chi connectivity index (χ3n) is 2.68. The Morgan fingerprint density at radius 3 is 2.68 bits per heavy atom. The van der Waals surface area contributed by atoms with E-state index in [4.69, 9.17) is 11.6 Å². The zero-order valence-electron chi connectivity index (χ0n) is 11.3. The molecule has 0 amide bonds. The molecule has 0 fully saturated rings. The van der Waals surface area contributed by atoms with Crippen molar-refractivity contribution in [3.63, 3.8) is 0 Å². The number of rotatable bonds is 6. The van der Waals surface area contributed by atoms with Crippen molar-refractivity contribution in [3.05, 3.63) is 33.3 Å². The molecule has 1 rings (SSSR count). The average molecular weight is 287 g/mol. The molecule has 0 spiro atoms. The molecular formula is C13H19ClN2O3. The molecule has 0 heterocycles. The molecular weight excluding hydrogens is 268 g/mol. The number of para-hydroxylation sites is 1. The highest BCUT2D eigenvalue weighted by molar-refractivity contribution is 6.33. The van der Waals surface area contributed by atoms with Gasteiger partial charge >= 0.3 is 0 Å². The minimum atomic E-state index is -0.943. The molecule has 0 radical (unpaired) electrons. The summed E-state index contributed by atoms with van der Waals surface area (Å²) >= 11 is 5.96. The maximum absolute atomic E-state index is 10.9. The molecule has 0 aliphatic rings. The maximum atomic E-state index is 10.9. The topological polar surface area (TPSA) is 75.4 Å². The fourth-order valence-corrected chi connectivity index (χ4v) is 2.31. The monoisotopic (exact) mass is 286 g/mol. The van der Waals surface area contributed by atoms with Gasteiger partial charge < -0.3 is 10.4 Å². The van der Waals surface area contributed by atoms with Crippen LogP contribution < -0.4 is 5.32 Å². The Kier molecular flexibility index (Phi) is 5.14. The Labute approximate surface area is 117 Å². The van der Waals surface area contributed by atoms with Crippen LogP contribution in [0, 0.1) is 16.0 Å². The molecule has 1 aromatic carbocycles. The van der Waals surface area contributed by atoms with Crippen molar-refractivity contribution in [3.8, 4) is 0 Å². The minimum Gasteiger partial charge on any atom is -0.388 e. The summed E-state index contributed by atoms with van der Waals surface area (Å²) in [6, 6.07) is 4.48. The summed E-state index contributed by atoms with van der Waals surface area (Å²) < 4.78 is 0.